The first-order chi connectivity index (χ1) is 28.6. The molecule has 0 spiro atoms. The molecule has 0 amide bonds. The first-order valence-electron chi connectivity index (χ1n) is 20.5. The Hall–Kier alpha value is -6.40. The summed E-state index contributed by atoms with van der Waals surface area (Å²) in [4.78, 5) is 2.71. The second-order valence-corrected chi connectivity index (χ2v) is 21.9. The highest BCUT2D eigenvalue weighted by molar-refractivity contribution is 7.27. The van der Waals surface area contributed by atoms with E-state index < -0.39 is 8.07 Å². The highest BCUT2D eigenvalue weighted by atomic mass is 32.1. The quantitative estimate of drug-likeness (QED) is 0.159. The summed E-state index contributed by atoms with van der Waals surface area (Å²) in [5.41, 5.74) is 17.8. The van der Waals surface area contributed by atoms with Crippen molar-refractivity contribution in [1.29, 1.82) is 0 Å². The van der Waals surface area contributed by atoms with Crippen molar-refractivity contribution >= 4 is 106 Å². The van der Waals surface area contributed by atoms with E-state index in [9.17, 15) is 0 Å². The second kappa shape index (κ2) is 10.8. The van der Waals surface area contributed by atoms with Crippen LogP contribution in [0.3, 0.4) is 0 Å². The number of fused-ring (bicyclic) bond motifs is 15. The largest absolute Gasteiger partial charge is 0.374 e. The standard InChI is InChI=1S/C53H35BN2SSi/c1-53(2)39-25-11-9-21-34(39)38-31-42-48-46(47(38)53)36-23-15-24-37-49(36)56(50-35-22-10-13-28-43(35)57-52(37)50)54(48)40-26-16-30-45-51(40)55(42)41-27-12-14-29-44(41)58(45,32-17-5-3-6-18-32)33-19-7-4-8-20-33/h3-31H,1-2H3. The molecule has 270 valence electrons. The SMILES string of the molecule is CC1(C)c2ccccc2-c2cc3c4c(c21)-c1cccc2c5sc6ccccc6c5n(c12)B4c1cccc2c1N3c1ccccc1[Si]2(c1ccccc1)c1ccccc1. The maximum atomic E-state index is 2.79. The molecule has 8 aromatic carbocycles. The first kappa shape index (κ1) is 31.7. The number of rotatable bonds is 2. The van der Waals surface area contributed by atoms with Crippen LogP contribution in [0.2, 0.25) is 0 Å². The van der Waals surface area contributed by atoms with Gasteiger partial charge in [-0.05, 0) is 77.7 Å². The predicted molar refractivity (Wildman–Crippen MR) is 250 cm³/mol. The van der Waals surface area contributed by atoms with Crippen molar-refractivity contribution in [3.05, 3.63) is 187 Å². The van der Waals surface area contributed by atoms with Gasteiger partial charge in [-0.1, -0.05) is 172 Å². The molecule has 0 saturated carbocycles. The third-order valence-corrected chi connectivity index (χ3v) is 20.2. The van der Waals surface area contributed by atoms with Crippen LogP contribution in [0, 0.1) is 0 Å². The summed E-state index contributed by atoms with van der Waals surface area (Å²) in [6.07, 6.45) is 0. The molecular weight excluding hydrogens is 736 g/mol. The number of aromatic nitrogens is 1. The number of hydrogen-bond acceptors (Lipinski definition) is 2. The number of thiophene rings is 1. The molecule has 1 aliphatic carbocycles. The molecule has 0 saturated heterocycles. The molecule has 5 heteroatoms. The average Bonchev–Trinajstić information content (AvgIpc) is 3.89. The monoisotopic (exact) mass is 770 g/mol. The second-order valence-electron chi connectivity index (χ2n) is 17.1. The van der Waals surface area contributed by atoms with Gasteiger partial charge in [0, 0.05) is 49.0 Å². The Balaban J connectivity index is 1.23. The third-order valence-electron chi connectivity index (χ3n) is 14.2. The normalized spacial score (nSPS) is 15.6. The van der Waals surface area contributed by atoms with Crippen LogP contribution in [-0.4, -0.2) is 19.4 Å². The molecule has 0 bridgehead atoms. The number of hydrogen-bond donors (Lipinski definition) is 0. The number of nitrogens with zero attached hydrogens (tertiary/aromatic N) is 2. The minimum absolute atomic E-state index is 0.0163. The summed E-state index contributed by atoms with van der Waals surface area (Å²) in [7, 11) is -2.84. The molecule has 10 aromatic rings. The van der Waals surface area contributed by atoms with Crippen molar-refractivity contribution in [2.24, 2.45) is 0 Å². The molecule has 14 rings (SSSR count). The Morgan fingerprint density at radius 2 is 1.21 bits per heavy atom. The summed E-state index contributed by atoms with van der Waals surface area (Å²) < 4.78 is 5.52. The number of anilines is 3. The van der Waals surface area contributed by atoms with Gasteiger partial charge in [0.1, 0.15) is 0 Å². The van der Waals surface area contributed by atoms with E-state index in [1.54, 1.807) is 0 Å². The lowest BCUT2D eigenvalue weighted by Crippen LogP contribution is -2.78. The average molecular weight is 771 g/mol. The Morgan fingerprint density at radius 3 is 2.03 bits per heavy atom. The number of para-hydroxylation sites is 3. The van der Waals surface area contributed by atoms with Gasteiger partial charge in [0.2, 0.25) is 0 Å². The van der Waals surface area contributed by atoms with Crippen LogP contribution < -0.4 is 36.6 Å². The van der Waals surface area contributed by atoms with Crippen molar-refractivity contribution in [1.82, 2.24) is 4.48 Å². The van der Waals surface area contributed by atoms with Crippen molar-refractivity contribution in [3.63, 3.8) is 0 Å². The topological polar surface area (TPSA) is 8.17 Å². The van der Waals surface area contributed by atoms with Gasteiger partial charge in [-0.15, -0.1) is 11.3 Å². The molecule has 0 radical (unpaired) electrons. The lowest BCUT2D eigenvalue weighted by Gasteiger charge is -2.50. The van der Waals surface area contributed by atoms with Crippen LogP contribution >= 0.6 is 11.3 Å². The lowest BCUT2D eigenvalue weighted by atomic mass is 9.44. The summed E-state index contributed by atoms with van der Waals surface area (Å²) in [6, 6.07) is 67.7. The maximum Gasteiger partial charge on any atom is 0.333 e. The molecule has 2 nitrogen and oxygen atoms in total. The van der Waals surface area contributed by atoms with Crippen LogP contribution in [0.5, 0.6) is 0 Å². The van der Waals surface area contributed by atoms with E-state index in [0.29, 0.717) is 0 Å². The van der Waals surface area contributed by atoms with Crippen molar-refractivity contribution < 1.29 is 0 Å². The van der Waals surface area contributed by atoms with E-state index in [1.165, 1.54) is 113 Å². The van der Waals surface area contributed by atoms with Gasteiger partial charge >= 0.3 is 6.85 Å². The molecule has 2 aromatic heterocycles. The molecule has 5 heterocycles. The fourth-order valence-electron chi connectivity index (χ4n) is 12.1. The first-order valence-corrected chi connectivity index (χ1v) is 23.3. The van der Waals surface area contributed by atoms with E-state index in [1.807, 2.05) is 11.3 Å². The zero-order valence-corrected chi connectivity index (χ0v) is 33.9. The Bertz CT molecular complexity index is 3410. The fourth-order valence-corrected chi connectivity index (χ4v) is 18.5. The Morgan fingerprint density at radius 1 is 0.552 bits per heavy atom. The van der Waals surface area contributed by atoms with Crippen LogP contribution in [-0.2, 0) is 5.41 Å². The van der Waals surface area contributed by atoms with Gasteiger partial charge in [-0.3, -0.25) is 0 Å². The van der Waals surface area contributed by atoms with Crippen molar-refractivity contribution in [2.75, 3.05) is 4.90 Å². The Kier molecular flexibility index (Phi) is 5.87. The minimum atomic E-state index is -2.84. The summed E-state index contributed by atoms with van der Waals surface area (Å²) >= 11 is 1.95. The molecule has 58 heavy (non-hydrogen) atoms. The van der Waals surface area contributed by atoms with Crippen molar-refractivity contribution in [3.8, 4) is 22.3 Å². The van der Waals surface area contributed by atoms with E-state index >= 15 is 0 Å². The molecular formula is C53H35BN2SSi. The fraction of sp³-hybridized carbons (Fsp3) is 0.0566. The van der Waals surface area contributed by atoms with Gasteiger partial charge in [-0.25, -0.2) is 0 Å². The van der Waals surface area contributed by atoms with Gasteiger partial charge in [0.15, 0.2) is 8.07 Å². The molecule has 0 fully saturated rings. The van der Waals surface area contributed by atoms with Crippen LogP contribution in [0.4, 0.5) is 17.1 Å². The van der Waals surface area contributed by atoms with Gasteiger partial charge in [0.25, 0.3) is 0 Å². The zero-order valence-electron chi connectivity index (χ0n) is 32.1. The minimum Gasteiger partial charge on any atom is -0.374 e. The van der Waals surface area contributed by atoms with Gasteiger partial charge in [-0.2, -0.15) is 0 Å². The van der Waals surface area contributed by atoms with Crippen molar-refractivity contribution in [2.45, 2.75) is 19.3 Å². The van der Waals surface area contributed by atoms with Crippen LogP contribution in [0.1, 0.15) is 25.0 Å². The zero-order chi connectivity index (χ0) is 38.1. The maximum absolute atomic E-state index is 2.84. The highest BCUT2D eigenvalue weighted by Crippen LogP contribution is 2.57. The van der Waals surface area contributed by atoms with E-state index in [4.69, 9.17) is 0 Å². The van der Waals surface area contributed by atoms with Crippen LogP contribution in [0.25, 0.3) is 53.5 Å². The molecule has 0 N–H and O–H groups in total. The van der Waals surface area contributed by atoms with Gasteiger partial charge in [0.05, 0.1) is 10.2 Å². The molecule has 0 atom stereocenters. The lowest BCUT2D eigenvalue weighted by molar-refractivity contribution is 0.662. The molecule has 3 aliphatic heterocycles. The predicted octanol–water partition coefficient (Wildman–Crippen LogP) is 9.42. The summed E-state index contributed by atoms with van der Waals surface area (Å²) in [5, 5.41) is 8.45. The third kappa shape index (κ3) is 3.51. The molecule has 0 unspecified atom stereocenters. The molecule has 4 aliphatic rings. The van der Waals surface area contributed by atoms with Gasteiger partial charge < -0.3 is 9.38 Å². The highest BCUT2D eigenvalue weighted by Gasteiger charge is 2.55. The Labute approximate surface area is 342 Å². The smallest absolute Gasteiger partial charge is 0.333 e. The van der Waals surface area contributed by atoms with E-state index in [0.717, 1.165) is 0 Å². The summed E-state index contributed by atoms with van der Waals surface area (Å²) in [6.45, 7) is 4.90. The number of benzene rings is 8. The summed E-state index contributed by atoms with van der Waals surface area (Å²) in [5.74, 6) is 0. The van der Waals surface area contributed by atoms with Crippen LogP contribution in [0.15, 0.2) is 176 Å². The van der Waals surface area contributed by atoms with E-state index in [2.05, 4.69) is 199 Å². The van der Waals surface area contributed by atoms with E-state index in [-0.39, 0.29) is 12.3 Å².